The first-order valence-electron chi connectivity index (χ1n) is 6.54. The third-order valence-electron chi connectivity index (χ3n) is 3.96. The van der Waals surface area contributed by atoms with Crippen molar-refractivity contribution in [2.24, 2.45) is 5.92 Å². The van der Waals surface area contributed by atoms with Crippen molar-refractivity contribution in [3.05, 3.63) is 18.0 Å². The Balaban J connectivity index is 2.09. The maximum absolute atomic E-state index is 11.9. The van der Waals surface area contributed by atoms with Gasteiger partial charge in [0, 0.05) is 6.07 Å². The molecular formula is C13H18N2O4. The summed E-state index contributed by atoms with van der Waals surface area (Å²) in [7, 11) is 0. The SMILES string of the molecule is CCC1CCC(NC(=O)c2ccno2)(C(=O)O)CC1. The number of amides is 1. The van der Waals surface area contributed by atoms with Gasteiger partial charge in [0.25, 0.3) is 5.91 Å². The van der Waals surface area contributed by atoms with E-state index in [-0.39, 0.29) is 5.76 Å². The lowest BCUT2D eigenvalue weighted by atomic mass is 9.75. The molecule has 0 radical (unpaired) electrons. The molecule has 2 N–H and O–H groups in total. The summed E-state index contributed by atoms with van der Waals surface area (Å²) in [6.45, 7) is 2.10. The van der Waals surface area contributed by atoms with E-state index in [2.05, 4.69) is 17.4 Å². The van der Waals surface area contributed by atoms with Gasteiger partial charge in [-0.1, -0.05) is 18.5 Å². The first-order valence-corrected chi connectivity index (χ1v) is 6.54. The van der Waals surface area contributed by atoms with E-state index < -0.39 is 17.4 Å². The van der Waals surface area contributed by atoms with Crippen LogP contribution in [0.3, 0.4) is 0 Å². The third-order valence-corrected chi connectivity index (χ3v) is 3.96. The molecule has 1 aromatic rings. The Kier molecular flexibility index (Phi) is 3.87. The normalized spacial score (nSPS) is 26.9. The summed E-state index contributed by atoms with van der Waals surface area (Å²) in [4.78, 5) is 23.4. The quantitative estimate of drug-likeness (QED) is 0.867. The number of carboxylic acid groups (broad SMARTS) is 1. The van der Waals surface area contributed by atoms with Crippen LogP contribution in [0.2, 0.25) is 0 Å². The van der Waals surface area contributed by atoms with Crippen molar-refractivity contribution < 1.29 is 19.2 Å². The third kappa shape index (κ3) is 2.77. The molecule has 0 saturated heterocycles. The van der Waals surface area contributed by atoms with Gasteiger partial charge in [0.05, 0.1) is 6.20 Å². The van der Waals surface area contributed by atoms with E-state index in [1.54, 1.807) is 0 Å². The van der Waals surface area contributed by atoms with Crippen molar-refractivity contribution >= 4 is 11.9 Å². The van der Waals surface area contributed by atoms with Crippen molar-refractivity contribution in [2.75, 3.05) is 0 Å². The molecule has 0 aromatic carbocycles. The Morgan fingerprint density at radius 3 is 2.68 bits per heavy atom. The van der Waals surface area contributed by atoms with Crippen LogP contribution in [0.25, 0.3) is 0 Å². The summed E-state index contributed by atoms with van der Waals surface area (Å²) in [5, 5.41) is 15.5. The van der Waals surface area contributed by atoms with Crippen LogP contribution in [-0.2, 0) is 4.79 Å². The predicted molar refractivity (Wildman–Crippen MR) is 66.6 cm³/mol. The number of nitrogens with zero attached hydrogens (tertiary/aromatic N) is 1. The topological polar surface area (TPSA) is 92.4 Å². The van der Waals surface area contributed by atoms with E-state index in [4.69, 9.17) is 4.52 Å². The maximum atomic E-state index is 11.9. The average Bonchev–Trinajstić information content (AvgIpc) is 2.93. The summed E-state index contributed by atoms with van der Waals surface area (Å²) in [6.07, 6.45) is 4.96. The number of aromatic nitrogens is 1. The van der Waals surface area contributed by atoms with Crippen LogP contribution < -0.4 is 5.32 Å². The Labute approximate surface area is 111 Å². The van der Waals surface area contributed by atoms with Crippen LogP contribution in [0.15, 0.2) is 16.8 Å². The molecule has 1 aromatic heterocycles. The standard InChI is InChI=1S/C13H18N2O4/c1-2-9-3-6-13(7-4-9,12(17)18)15-11(16)10-5-8-14-19-10/h5,8-9H,2-4,6-7H2,1H3,(H,15,16)(H,17,18). The molecular weight excluding hydrogens is 248 g/mol. The number of hydrogen-bond donors (Lipinski definition) is 2. The van der Waals surface area contributed by atoms with E-state index in [9.17, 15) is 14.7 Å². The fourth-order valence-electron chi connectivity index (χ4n) is 2.58. The molecule has 1 heterocycles. The number of hydrogen-bond acceptors (Lipinski definition) is 4. The highest BCUT2D eigenvalue weighted by atomic mass is 16.5. The van der Waals surface area contributed by atoms with Crippen molar-refractivity contribution in [1.29, 1.82) is 0 Å². The smallest absolute Gasteiger partial charge is 0.329 e. The van der Waals surface area contributed by atoms with Crippen LogP contribution in [0.4, 0.5) is 0 Å². The summed E-state index contributed by atoms with van der Waals surface area (Å²) >= 11 is 0. The minimum absolute atomic E-state index is 0.0400. The number of carboxylic acids is 1. The van der Waals surface area contributed by atoms with Gasteiger partial charge >= 0.3 is 5.97 Å². The first kappa shape index (κ1) is 13.6. The minimum atomic E-state index is -1.17. The number of nitrogens with one attached hydrogen (secondary N) is 1. The molecule has 0 unspecified atom stereocenters. The highest BCUT2D eigenvalue weighted by Crippen LogP contribution is 2.34. The average molecular weight is 266 g/mol. The predicted octanol–water partition coefficient (Wildman–Crippen LogP) is 1.83. The van der Waals surface area contributed by atoms with Crippen molar-refractivity contribution in [1.82, 2.24) is 10.5 Å². The van der Waals surface area contributed by atoms with Crippen molar-refractivity contribution in [3.63, 3.8) is 0 Å². The van der Waals surface area contributed by atoms with E-state index in [1.807, 2.05) is 0 Å². The lowest BCUT2D eigenvalue weighted by Gasteiger charge is -2.36. The molecule has 1 fully saturated rings. The van der Waals surface area contributed by atoms with E-state index >= 15 is 0 Å². The fourth-order valence-corrected chi connectivity index (χ4v) is 2.58. The zero-order valence-corrected chi connectivity index (χ0v) is 10.9. The summed E-state index contributed by atoms with van der Waals surface area (Å²) in [5.74, 6) is -0.905. The molecule has 6 nitrogen and oxygen atoms in total. The van der Waals surface area contributed by atoms with Gasteiger partial charge in [0.15, 0.2) is 0 Å². The molecule has 0 bridgehead atoms. The summed E-state index contributed by atoms with van der Waals surface area (Å²) in [5.41, 5.74) is -1.17. The zero-order valence-electron chi connectivity index (χ0n) is 10.9. The van der Waals surface area contributed by atoms with Crippen LogP contribution >= 0.6 is 0 Å². The monoisotopic (exact) mass is 266 g/mol. The molecule has 1 amide bonds. The van der Waals surface area contributed by atoms with Gasteiger partial charge in [-0.15, -0.1) is 0 Å². The van der Waals surface area contributed by atoms with Crippen LogP contribution in [0.5, 0.6) is 0 Å². The van der Waals surface area contributed by atoms with Crippen molar-refractivity contribution in [3.8, 4) is 0 Å². The first-order chi connectivity index (χ1) is 9.07. The van der Waals surface area contributed by atoms with Gasteiger partial charge < -0.3 is 14.9 Å². The van der Waals surface area contributed by atoms with E-state index in [1.165, 1.54) is 12.3 Å². The molecule has 2 rings (SSSR count). The number of carbonyl (C=O) groups is 2. The highest BCUT2D eigenvalue weighted by molar-refractivity contribution is 5.95. The van der Waals surface area contributed by atoms with Gasteiger partial charge in [-0.2, -0.15) is 0 Å². The minimum Gasteiger partial charge on any atom is -0.480 e. The molecule has 1 aliphatic carbocycles. The van der Waals surface area contributed by atoms with Gasteiger partial charge in [-0.25, -0.2) is 4.79 Å². The number of carbonyl (C=O) groups excluding carboxylic acids is 1. The van der Waals surface area contributed by atoms with Gasteiger partial charge in [0.1, 0.15) is 5.54 Å². The Hall–Kier alpha value is -1.85. The second kappa shape index (κ2) is 5.42. The van der Waals surface area contributed by atoms with Crippen LogP contribution in [0.1, 0.15) is 49.6 Å². The molecule has 6 heteroatoms. The molecule has 104 valence electrons. The van der Waals surface area contributed by atoms with Crippen molar-refractivity contribution in [2.45, 2.75) is 44.6 Å². The lowest BCUT2D eigenvalue weighted by Crippen LogP contribution is -2.56. The molecule has 0 spiro atoms. The van der Waals surface area contributed by atoms with E-state index in [0.717, 1.165) is 19.3 Å². The maximum Gasteiger partial charge on any atom is 0.329 e. The van der Waals surface area contributed by atoms with Gasteiger partial charge in [-0.3, -0.25) is 4.79 Å². The largest absolute Gasteiger partial charge is 0.480 e. The Morgan fingerprint density at radius 1 is 1.53 bits per heavy atom. The molecule has 1 saturated carbocycles. The van der Waals surface area contributed by atoms with Gasteiger partial charge in [-0.05, 0) is 31.6 Å². The molecule has 1 aliphatic rings. The molecule has 0 aliphatic heterocycles. The van der Waals surface area contributed by atoms with Crippen LogP contribution in [-0.4, -0.2) is 27.7 Å². The Bertz CT molecular complexity index is 447. The summed E-state index contributed by atoms with van der Waals surface area (Å²) < 4.78 is 4.75. The fraction of sp³-hybridized carbons (Fsp3) is 0.615. The highest BCUT2D eigenvalue weighted by Gasteiger charge is 2.43. The second-order valence-electron chi connectivity index (χ2n) is 5.07. The molecule has 0 atom stereocenters. The Morgan fingerprint density at radius 2 is 2.21 bits per heavy atom. The lowest BCUT2D eigenvalue weighted by molar-refractivity contribution is -0.146. The second-order valence-corrected chi connectivity index (χ2v) is 5.07. The number of aliphatic carboxylic acids is 1. The zero-order chi connectivity index (χ0) is 13.9. The summed E-state index contributed by atoms with van der Waals surface area (Å²) in [6, 6.07) is 1.42. The van der Waals surface area contributed by atoms with Crippen LogP contribution in [0, 0.1) is 5.92 Å². The van der Waals surface area contributed by atoms with E-state index in [0.29, 0.717) is 18.8 Å². The molecule has 19 heavy (non-hydrogen) atoms. The number of rotatable bonds is 4. The van der Waals surface area contributed by atoms with Gasteiger partial charge in [0.2, 0.25) is 5.76 Å².